The molecule has 1 heterocycles. The third-order valence-electron chi connectivity index (χ3n) is 7.19. The predicted molar refractivity (Wildman–Crippen MR) is 184 cm³/mol. The molecule has 0 aliphatic carbocycles. The topological polar surface area (TPSA) is 25.2 Å². The Labute approximate surface area is 263 Å². The fourth-order valence-corrected chi connectivity index (χ4v) is 9.67. The number of alkyl halides is 3. The van der Waals surface area contributed by atoms with E-state index in [1.165, 1.54) is 10.6 Å². The Morgan fingerprint density at radius 2 is 1.09 bits per heavy atom. The second-order valence-electron chi connectivity index (χ2n) is 10.3. The average molecular weight is 633 g/mol. The van der Waals surface area contributed by atoms with Crippen LogP contribution >= 0.6 is 15.8 Å². The third kappa shape index (κ3) is 7.63. The highest BCUT2D eigenvalue weighted by Gasteiger charge is 2.32. The minimum absolute atomic E-state index is 0.284. The Balaban J connectivity index is 1.38. The van der Waals surface area contributed by atoms with Crippen molar-refractivity contribution in [2.24, 2.45) is 4.99 Å². The van der Waals surface area contributed by atoms with E-state index in [1.54, 1.807) is 12.3 Å². The minimum Gasteiger partial charge on any atom is -0.254 e. The van der Waals surface area contributed by atoms with Crippen LogP contribution in [0.2, 0.25) is 0 Å². The molecule has 0 amide bonds. The Bertz CT molecular complexity index is 1790. The highest BCUT2D eigenvalue weighted by atomic mass is 31.1. The lowest BCUT2D eigenvalue weighted by Gasteiger charge is -2.22. The van der Waals surface area contributed by atoms with Gasteiger partial charge in [0.2, 0.25) is 0 Å². The van der Waals surface area contributed by atoms with Crippen molar-refractivity contribution in [2.45, 2.75) is 12.3 Å². The minimum atomic E-state index is -4.49. The van der Waals surface area contributed by atoms with Gasteiger partial charge < -0.3 is 0 Å². The van der Waals surface area contributed by atoms with E-state index in [9.17, 15) is 13.2 Å². The normalized spacial score (nSPS) is 11.8. The van der Waals surface area contributed by atoms with Crippen LogP contribution in [0.15, 0.2) is 163 Å². The number of halogens is 3. The molecule has 1 aromatic heterocycles. The van der Waals surface area contributed by atoms with Crippen LogP contribution in [0.25, 0.3) is 0 Å². The summed E-state index contributed by atoms with van der Waals surface area (Å²) in [5.74, 6) is 0. The summed E-state index contributed by atoms with van der Waals surface area (Å²) in [5.41, 5.74) is 1.05. The second-order valence-corrected chi connectivity index (χ2v) is 14.7. The van der Waals surface area contributed by atoms with Crippen LogP contribution in [-0.4, -0.2) is 11.2 Å². The second kappa shape index (κ2) is 14.1. The quantitative estimate of drug-likeness (QED) is 0.116. The summed E-state index contributed by atoms with van der Waals surface area (Å²) in [5, 5.41) is 5.32. The number of aliphatic imine (C=N–C) groups is 1. The van der Waals surface area contributed by atoms with Gasteiger partial charge in [0.25, 0.3) is 0 Å². The first kappa shape index (κ1) is 30.6. The van der Waals surface area contributed by atoms with Crippen LogP contribution in [0.4, 0.5) is 18.9 Å². The molecule has 0 radical (unpaired) electrons. The van der Waals surface area contributed by atoms with Gasteiger partial charge in [-0.3, -0.25) is 9.98 Å². The van der Waals surface area contributed by atoms with Gasteiger partial charge in [0.05, 0.1) is 23.2 Å². The number of benzene rings is 5. The smallest absolute Gasteiger partial charge is 0.254 e. The fraction of sp³-hybridized carbons (Fsp3) is 0.0526. The molecular formula is C38H29F3N2P2. The highest BCUT2D eigenvalue weighted by Crippen LogP contribution is 2.40. The van der Waals surface area contributed by atoms with Gasteiger partial charge in [-0.05, 0) is 61.3 Å². The molecule has 0 fully saturated rings. The van der Waals surface area contributed by atoms with Crippen molar-refractivity contribution >= 4 is 54.3 Å². The van der Waals surface area contributed by atoms with Crippen LogP contribution < -0.4 is 26.5 Å². The summed E-state index contributed by atoms with van der Waals surface area (Å²) in [7, 11) is -1.87. The van der Waals surface area contributed by atoms with Gasteiger partial charge in [0.15, 0.2) is 0 Å². The molecule has 6 rings (SSSR count). The first-order valence-corrected chi connectivity index (χ1v) is 17.3. The summed E-state index contributed by atoms with van der Waals surface area (Å²) >= 11 is 0. The largest absolute Gasteiger partial charge is 0.416 e. The van der Waals surface area contributed by atoms with Gasteiger partial charge in [-0.25, -0.2) is 0 Å². The van der Waals surface area contributed by atoms with Gasteiger partial charge in [-0.1, -0.05) is 133 Å². The van der Waals surface area contributed by atoms with Gasteiger partial charge in [0.1, 0.15) is 0 Å². The molecule has 7 heteroatoms. The molecule has 0 atom stereocenters. The molecule has 2 nitrogen and oxygen atoms in total. The molecule has 0 saturated heterocycles. The number of hydrogen-bond donors (Lipinski definition) is 0. The molecule has 0 aliphatic heterocycles. The summed E-state index contributed by atoms with van der Waals surface area (Å²) < 4.78 is 41.7. The number of nitrogens with zero attached hydrogens (tertiary/aromatic N) is 2. The monoisotopic (exact) mass is 632 g/mol. The van der Waals surface area contributed by atoms with Crippen molar-refractivity contribution < 1.29 is 13.2 Å². The number of rotatable bonds is 9. The van der Waals surface area contributed by atoms with Crippen molar-refractivity contribution in [3.63, 3.8) is 0 Å². The van der Waals surface area contributed by atoms with Crippen LogP contribution in [0.5, 0.6) is 0 Å². The van der Waals surface area contributed by atoms with E-state index < -0.39 is 27.6 Å². The summed E-state index contributed by atoms with van der Waals surface area (Å²) in [6.07, 6.45) is -2.18. The fourth-order valence-electron chi connectivity index (χ4n) is 5.08. The standard InChI is InChI=1S/C38H29F3N2P2/c39-38(40,41)29-24-25-37(45(34-20-9-3-10-21-34)35-22-11-4-12-23-35)36(26-29)42-27-30-14-13-15-31(43-30)28-44(32-16-5-1-6-17-32)33-18-7-2-8-19-33/h1-27H,28H2/b42-27+. The molecule has 0 aliphatic rings. The Hall–Kier alpha value is -4.43. The summed E-state index contributed by atoms with van der Waals surface area (Å²) in [4.78, 5) is 9.58. The van der Waals surface area contributed by atoms with E-state index in [-0.39, 0.29) is 5.69 Å². The van der Waals surface area contributed by atoms with Gasteiger partial charge in [-0.2, -0.15) is 13.2 Å². The third-order valence-corrected chi connectivity index (χ3v) is 12.2. The Morgan fingerprint density at radius 3 is 1.60 bits per heavy atom. The number of aromatic nitrogens is 1. The molecule has 0 saturated carbocycles. The molecule has 5 aromatic carbocycles. The SMILES string of the molecule is FC(F)(F)c1ccc(P(c2ccccc2)c2ccccc2)c(/N=C/c2cccc(CP(c3ccccc3)c3ccccc3)n2)c1. The average Bonchev–Trinajstić information content (AvgIpc) is 3.08. The lowest BCUT2D eigenvalue weighted by molar-refractivity contribution is -0.137. The molecule has 222 valence electrons. The number of hydrogen-bond acceptors (Lipinski definition) is 2. The summed E-state index contributed by atoms with van der Waals surface area (Å²) in [6.45, 7) is 0. The van der Waals surface area contributed by atoms with E-state index in [4.69, 9.17) is 9.98 Å². The van der Waals surface area contributed by atoms with E-state index in [2.05, 4.69) is 48.5 Å². The lowest BCUT2D eigenvalue weighted by Crippen LogP contribution is -2.21. The van der Waals surface area contributed by atoms with Crippen LogP contribution in [-0.2, 0) is 12.3 Å². The van der Waals surface area contributed by atoms with E-state index in [0.717, 1.165) is 39.9 Å². The maximum Gasteiger partial charge on any atom is 0.416 e. The number of pyridine rings is 1. The molecule has 0 bridgehead atoms. The van der Waals surface area contributed by atoms with Crippen molar-refractivity contribution in [1.82, 2.24) is 4.98 Å². The Kier molecular flexibility index (Phi) is 9.60. The molecule has 45 heavy (non-hydrogen) atoms. The lowest BCUT2D eigenvalue weighted by atomic mass is 10.2. The zero-order chi connectivity index (χ0) is 31.1. The van der Waals surface area contributed by atoms with Gasteiger partial charge in [0, 0.05) is 17.2 Å². The summed E-state index contributed by atoms with van der Waals surface area (Å²) in [6, 6.07) is 50.3. The predicted octanol–water partition coefficient (Wildman–Crippen LogP) is 8.24. The molecular weight excluding hydrogens is 603 g/mol. The van der Waals surface area contributed by atoms with Gasteiger partial charge in [-0.15, -0.1) is 0 Å². The first-order chi connectivity index (χ1) is 22.0. The molecule has 6 aromatic rings. The molecule has 0 N–H and O–H groups in total. The van der Waals surface area contributed by atoms with Crippen LogP contribution in [0.1, 0.15) is 17.0 Å². The highest BCUT2D eigenvalue weighted by molar-refractivity contribution is 7.80. The van der Waals surface area contributed by atoms with Crippen LogP contribution in [0, 0.1) is 0 Å². The zero-order valence-corrected chi connectivity index (χ0v) is 26.0. The van der Waals surface area contributed by atoms with E-state index in [1.807, 2.05) is 91.0 Å². The maximum absolute atomic E-state index is 13.9. The van der Waals surface area contributed by atoms with Crippen molar-refractivity contribution in [1.29, 1.82) is 0 Å². The van der Waals surface area contributed by atoms with E-state index >= 15 is 0 Å². The van der Waals surface area contributed by atoms with E-state index in [0.29, 0.717) is 5.69 Å². The van der Waals surface area contributed by atoms with Crippen molar-refractivity contribution in [3.8, 4) is 0 Å². The van der Waals surface area contributed by atoms with Gasteiger partial charge >= 0.3 is 6.18 Å². The molecule has 0 spiro atoms. The maximum atomic E-state index is 13.9. The Morgan fingerprint density at radius 1 is 0.578 bits per heavy atom. The molecule has 0 unspecified atom stereocenters. The first-order valence-electron chi connectivity index (χ1n) is 14.4. The van der Waals surface area contributed by atoms with Crippen LogP contribution in [0.3, 0.4) is 0 Å². The zero-order valence-electron chi connectivity index (χ0n) is 24.2. The van der Waals surface area contributed by atoms with Crippen molar-refractivity contribution in [3.05, 3.63) is 175 Å². The van der Waals surface area contributed by atoms with Crippen molar-refractivity contribution in [2.75, 3.05) is 0 Å².